The van der Waals surface area contributed by atoms with Crippen LogP contribution in [0.4, 0.5) is 0 Å². The Morgan fingerprint density at radius 2 is 1.93 bits per heavy atom. The molecule has 6 nitrogen and oxygen atoms in total. The van der Waals surface area contributed by atoms with Gasteiger partial charge in [-0.05, 0) is 38.0 Å². The minimum Gasteiger partial charge on any atom is -0.333 e. The van der Waals surface area contributed by atoms with Gasteiger partial charge in [0, 0.05) is 44.3 Å². The van der Waals surface area contributed by atoms with Gasteiger partial charge in [0.1, 0.15) is 0 Å². The molecule has 1 heterocycles. The van der Waals surface area contributed by atoms with E-state index in [0.717, 1.165) is 38.8 Å². The molecule has 8 heteroatoms. The third-order valence-corrected chi connectivity index (χ3v) is 7.52. The molecule has 1 aliphatic carbocycles. The maximum Gasteiger partial charge on any atom is 0.254 e. The van der Waals surface area contributed by atoms with Gasteiger partial charge in [-0.25, -0.2) is 8.42 Å². The van der Waals surface area contributed by atoms with Crippen LogP contribution in [0.2, 0.25) is 0 Å². The molecule has 3 rings (SSSR count). The number of carbonyl (C=O) groups excluding carboxylic acids is 1. The van der Waals surface area contributed by atoms with Crippen molar-refractivity contribution in [1.29, 1.82) is 0 Å². The average Bonchev–Trinajstić information content (AvgIpc) is 2.68. The molecule has 152 valence electrons. The van der Waals surface area contributed by atoms with Gasteiger partial charge in [0.15, 0.2) is 0 Å². The van der Waals surface area contributed by atoms with Crippen LogP contribution in [-0.2, 0) is 10.0 Å². The van der Waals surface area contributed by atoms with Crippen LogP contribution < -0.4 is 5.32 Å². The van der Waals surface area contributed by atoms with E-state index >= 15 is 0 Å². The molecule has 1 atom stereocenters. The van der Waals surface area contributed by atoms with Gasteiger partial charge in [0.05, 0.1) is 4.90 Å². The number of nitrogens with one attached hydrogen (secondary N) is 1. The third-order valence-electron chi connectivity index (χ3n) is 5.61. The number of amides is 1. The number of hydrogen-bond acceptors (Lipinski definition) is 4. The predicted octanol–water partition coefficient (Wildman–Crippen LogP) is 2.50. The summed E-state index contributed by atoms with van der Waals surface area (Å²) in [5, 5.41) is 3.26. The number of sulfonamides is 1. The van der Waals surface area contributed by atoms with E-state index in [1.54, 1.807) is 25.2 Å². The monoisotopic (exact) mass is 415 g/mol. The first-order valence-electron chi connectivity index (χ1n) is 9.51. The first-order valence-corrected chi connectivity index (χ1v) is 10.9. The molecule has 1 aromatic carbocycles. The molecule has 1 N–H and O–H groups in total. The maximum absolute atomic E-state index is 13.0. The van der Waals surface area contributed by atoms with Crippen molar-refractivity contribution in [3.8, 4) is 0 Å². The lowest BCUT2D eigenvalue weighted by Crippen LogP contribution is -2.52. The molecule has 0 aromatic heterocycles. The van der Waals surface area contributed by atoms with E-state index in [2.05, 4.69) is 5.32 Å². The molecule has 0 bridgehead atoms. The van der Waals surface area contributed by atoms with Crippen molar-refractivity contribution in [2.45, 2.75) is 56.0 Å². The molecule has 2 fully saturated rings. The van der Waals surface area contributed by atoms with Gasteiger partial charge in [0.2, 0.25) is 10.0 Å². The van der Waals surface area contributed by atoms with Crippen molar-refractivity contribution in [2.24, 2.45) is 0 Å². The minimum atomic E-state index is -3.59. The van der Waals surface area contributed by atoms with E-state index in [4.69, 9.17) is 0 Å². The zero-order valence-electron chi connectivity index (χ0n) is 16.1. The molecule has 0 radical (unpaired) electrons. The fourth-order valence-electron chi connectivity index (χ4n) is 3.91. The standard InChI is InChI=1S/C19H29N3O3S.ClH/c1-15-14-20-11-12-22(15)19(23)16-7-6-10-18(13-16)26(24,25)21(2)17-8-4-3-5-9-17;/h6-7,10,13,15,17,20H,3-5,8-9,11-12,14H2,1-2H3;1H/t15-;/m1./s1. The molecule has 1 amide bonds. The van der Waals surface area contributed by atoms with E-state index < -0.39 is 10.0 Å². The highest BCUT2D eigenvalue weighted by atomic mass is 35.5. The van der Waals surface area contributed by atoms with Crippen LogP contribution in [0.5, 0.6) is 0 Å². The number of carbonyl (C=O) groups is 1. The number of hydrogen-bond donors (Lipinski definition) is 1. The summed E-state index contributed by atoms with van der Waals surface area (Å²) in [5.41, 5.74) is 0.442. The Hall–Kier alpha value is -1.15. The van der Waals surface area contributed by atoms with Gasteiger partial charge in [-0.3, -0.25) is 4.79 Å². The number of nitrogens with zero attached hydrogens (tertiary/aromatic N) is 2. The molecule has 2 aliphatic rings. The van der Waals surface area contributed by atoms with Crippen molar-refractivity contribution in [3.05, 3.63) is 29.8 Å². The van der Waals surface area contributed by atoms with Crippen molar-refractivity contribution in [3.63, 3.8) is 0 Å². The van der Waals surface area contributed by atoms with Crippen molar-refractivity contribution in [2.75, 3.05) is 26.7 Å². The van der Waals surface area contributed by atoms with Gasteiger partial charge >= 0.3 is 0 Å². The normalized spacial score (nSPS) is 21.7. The summed E-state index contributed by atoms with van der Waals surface area (Å²) >= 11 is 0. The summed E-state index contributed by atoms with van der Waals surface area (Å²) in [7, 11) is -1.92. The van der Waals surface area contributed by atoms with Gasteiger partial charge in [-0.1, -0.05) is 25.3 Å². The molecule has 0 unspecified atom stereocenters. The van der Waals surface area contributed by atoms with Crippen molar-refractivity contribution >= 4 is 28.3 Å². The highest BCUT2D eigenvalue weighted by Gasteiger charge is 2.30. The summed E-state index contributed by atoms with van der Waals surface area (Å²) in [6, 6.07) is 6.65. The van der Waals surface area contributed by atoms with Crippen LogP contribution in [0.3, 0.4) is 0 Å². The fourth-order valence-corrected chi connectivity index (χ4v) is 5.37. The van der Waals surface area contributed by atoms with E-state index in [1.807, 2.05) is 11.8 Å². The number of rotatable bonds is 4. The van der Waals surface area contributed by atoms with Gasteiger partial charge in [-0.15, -0.1) is 12.4 Å². The first kappa shape index (κ1) is 22.1. The molecule has 0 spiro atoms. The van der Waals surface area contributed by atoms with Gasteiger partial charge in [0.25, 0.3) is 5.91 Å². The molecule has 1 aliphatic heterocycles. The van der Waals surface area contributed by atoms with E-state index in [0.29, 0.717) is 12.1 Å². The number of benzene rings is 1. The zero-order valence-corrected chi connectivity index (χ0v) is 17.7. The van der Waals surface area contributed by atoms with Crippen LogP contribution in [0, 0.1) is 0 Å². The zero-order chi connectivity index (χ0) is 18.7. The van der Waals surface area contributed by atoms with Crippen LogP contribution in [0.15, 0.2) is 29.2 Å². The number of halogens is 1. The van der Waals surface area contributed by atoms with E-state index in [-0.39, 0.29) is 35.3 Å². The predicted molar refractivity (Wildman–Crippen MR) is 109 cm³/mol. The Morgan fingerprint density at radius 3 is 2.59 bits per heavy atom. The van der Waals surface area contributed by atoms with Gasteiger partial charge < -0.3 is 10.2 Å². The largest absolute Gasteiger partial charge is 0.333 e. The van der Waals surface area contributed by atoms with Crippen molar-refractivity contribution in [1.82, 2.24) is 14.5 Å². The molecule has 1 saturated heterocycles. The summed E-state index contributed by atoms with van der Waals surface area (Å²) < 4.78 is 27.6. The Kier molecular flexibility index (Phi) is 7.68. The molecular formula is C19H30ClN3O3S. The lowest BCUT2D eigenvalue weighted by molar-refractivity contribution is 0.0655. The highest BCUT2D eigenvalue weighted by molar-refractivity contribution is 7.89. The van der Waals surface area contributed by atoms with Crippen LogP contribution in [-0.4, -0.2) is 62.3 Å². The highest BCUT2D eigenvalue weighted by Crippen LogP contribution is 2.27. The molecule has 27 heavy (non-hydrogen) atoms. The van der Waals surface area contributed by atoms with Crippen LogP contribution in [0.1, 0.15) is 49.4 Å². The second-order valence-electron chi connectivity index (χ2n) is 7.39. The molecule has 1 saturated carbocycles. The topological polar surface area (TPSA) is 69.7 Å². The Morgan fingerprint density at radius 1 is 1.22 bits per heavy atom. The Balaban J connectivity index is 0.00000261. The Labute approximate surface area is 168 Å². The quantitative estimate of drug-likeness (QED) is 0.820. The lowest BCUT2D eigenvalue weighted by Gasteiger charge is -2.34. The fraction of sp³-hybridized carbons (Fsp3) is 0.632. The second-order valence-corrected chi connectivity index (χ2v) is 9.39. The number of piperazine rings is 1. The smallest absolute Gasteiger partial charge is 0.254 e. The summed E-state index contributed by atoms with van der Waals surface area (Å²) in [4.78, 5) is 14.9. The maximum atomic E-state index is 13.0. The molecule has 1 aromatic rings. The minimum absolute atomic E-state index is 0. The van der Waals surface area contributed by atoms with Crippen molar-refractivity contribution < 1.29 is 13.2 Å². The van der Waals surface area contributed by atoms with Crippen LogP contribution >= 0.6 is 12.4 Å². The second kappa shape index (κ2) is 9.37. The van der Waals surface area contributed by atoms with Gasteiger partial charge in [-0.2, -0.15) is 4.31 Å². The van der Waals surface area contributed by atoms with Crippen LogP contribution in [0.25, 0.3) is 0 Å². The lowest BCUT2D eigenvalue weighted by atomic mass is 9.96. The van der Waals surface area contributed by atoms with E-state index in [1.165, 1.54) is 16.8 Å². The summed E-state index contributed by atoms with van der Waals surface area (Å²) in [6.45, 7) is 4.16. The summed E-state index contributed by atoms with van der Waals surface area (Å²) in [6.07, 6.45) is 5.14. The molecular weight excluding hydrogens is 386 g/mol. The Bertz CT molecular complexity index is 750. The third kappa shape index (κ3) is 4.83. The van der Waals surface area contributed by atoms with E-state index in [9.17, 15) is 13.2 Å². The first-order chi connectivity index (χ1) is 12.4. The SMILES string of the molecule is C[C@@H]1CNCCN1C(=O)c1cccc(S(=O)(=O)N(C)C2CCCCC2)c1.Cl. The average molecular weight is 416 g/mol. The summed E-state index contributed by atoms with van der Waals surface area (Å²) in [5.74, 6) is -0.101.